The Labute approximate surface area is 112 Å². The van der Waals surface area contributed by atoms with Crippen molar-refractivity contribution < 1.29 is 21.6 Å². The molecule has 1 aliphatic carbocycles. The van der Waals surface area contributed by atoms with Crippen molar-refractivity contribution in [2.24, 2.45) is 0 Å². The molecule has 1 aliphatic rings. The first-order valence-electron chi connectivity index (χ1n) is 6.46. The molecule has 1 fully saturated rings. The Morgan fingerprint density at radius 1 is 1.37 bits per heavy atom. The second-order valence-corrected chi connectivity index (χ2v) is 7.25. The van der Waals surface area contributed by atoms with Crippen LogP contribution in [0.3, 0.4) is 0 Å². The summed E-state index contributed by atoms with van der Waals surface area (Å²) in [5, 5.41) is 2.09. The highest BCUT2D eigenvalue weighted by molar-refractivity contribution is 7.89. The van der Waals surface area contributed by atoms with E-state index in [1.807, 2.05) is 6.92 Å². The van der Waals surface area contributed by atoms with E-state index in [0.717, 1.165) is 6.42 Å². The van der Waals surface area contributed by atoms with E-state index < -0.39 is 34.0 Å². The third-order valence-corrected chi connectivity index (χ3v) is 5.25. The maximum Gasteiger partial charge on any atom is 0.402 e. The summed E-state index contributed by atoms with van der Waals surface area (Å²) in [6.07, 6.45) is -2.61. The maximum absolute atomic E-state index is 12.5. The predicted molar refractivity (Wildman–Crippen MR) is 67.3 cm³/mol. The van der Waals surface area contributed by atoms with Crippen LogP contribution in [0.4, 0.5) is 13.2 Å². The first-order valence-corrected chi connectivity index (χ1v) is 7.97. The van der Waals surface area contributed by atoms with E-state index in [0.29, 0.717) is 23.7 Å². The fraction of sp³-hybridized carbons (Fsp3) is 1.00. The van der Waals surface area contributed by atoms with E-state index in [2.05, 4.69) is 5.32 Å². The highest BCUT2D eigenvalue weighted by Crippen LogP contribution is 2.33. The number of sulfonamides is 1. The molecule has 0 aromatic carbocycles. The van der Waals surface area contributed by atoms with Gasteiger partial charge in [-0.2, -0.15) is 17.5 Å². The Kier molecular flexibility index (Phi) is 5.64. The minimum absolute atomic E-state index is 0.178. The van der Waals surface area contributed by atoms with Gasteiger partial charge in [0.25, 0.3) is 0 Å². The first kappa shape index (κ1) is 16.7. The van der Waals surface area contributed by atoms with Gasteiger partial charge in [0.15, 0.2) is 0 Å². The monoisotopic (exact) mass is 302 g/mol. The predicted octanol–water partition coefficient (Wildman–Crippen LogP) is 1.73. The van der Waals surface area contributed by atoms with Crippen molar-refractivity contribution in [3.63, 3.8) is 0 Å². The Morgan fingerprint density at radius 3 is 2.37 bits per heavy atom. The molecule has 0 aromatic rings. The van der Waals surface area contributed by atoms with Gasteiger partial charge in [-0.15, -0.1) is 0 Å². The van der Waals surface area contributed by atoms with Crippen molar-refractivity contribution in [2.45, 2.75) is 50.6 Å². The third-order valence-electron chi connectivity index (χ3n) is 2.98. The Hall–Kier alpha value is -0.340. The summed E-state index contributed by atoms with van der Waals surface area (Å²) >= 11 is 0. The molecule has 0 bridgehead atoms. The van der Waals surface area contributed by atoms with E-state index in [-0.39, 0.29) is 6.54 Å². The summed E-state index contributed by atoms with van der Waals surface area (Å²) in [4.78, 5) is 0. The summed E-state index contributed by atoms with van der Waals surface area (Å²) < 4.78 is 62.4. The van der Waals surface area contributed by atoms with Gasteiger partial charge >= 0.3 is 6.18 Å². The molecule has 0 amide bonds. The van der Waals surface area contributed by atoms with E-state index in [4.69, 9.17) is 0 Å². The lowest BCUT2D eigenvalue weighted by Crippen LogP contribution is -2.47. The molecule has 0 aliphatic heterocycles. The van der Waals surface area contributed by atoms with Crippen LogP contribution in [-0.4, -0.2) is 49.8 Å². The number of halogens is 3. The minimum atomic E-state index is -4.49. The molecule has 19 heavy (non-hydrogen) atoms. The molecule has 1 N–H and O–H groups in total. The van der Waals surface area contributed by atoms with Crippen molar-refractivity contribution in [1.82, 2.24) is 9.62 Å². The molecule has 0 radical (unpaired) electrons. The minimum Gasteiger partial charge on any atom is -0.315 e. The Morgan fingerprint density at radius 2 is 1.95 bits per heavy atom. The number of hydrogen-bond acceptors (Lipinski definition) is 3. The van der Waals surface area contributed by atoms with Gasteiger partial charge in [0.2, 0.25) is 10.0 Å². The molecule has 4 nitrogen and oxygen atoms in total. The van der Waals surface area contributed by atoms with E-state index in [9.17, 15) is 21.6 Å². The van der Waals surface area contributed by atoms with Crippen molar-refractivity contribution in [3.05, 3.63) is 0 Å². The van der Waals surface area contributed by atoms with E-state index in [1.165, 1.54) is 6.92 Å². The second kappa shape index (κ2) is 6.41. The van der Waals surface area contributed by atoms with Gasteiger partial charge in [-0.1, -0.05) is 6.92 Å². The molecular formula is C11H21F3N2O2S. The zero-order valence-electron chi connectivity index (χ0n) is 11.2. The number of hydrogen-bond donors (Lipinski definition) is 1. The quantitative estimate of drug-likeness (QED) is 0.695. The summed E-state index contributed by atoms with van der Waals surface area (Å²) in [6.45, 7) is 2.84. The first-order chi connectivity index (χ1) is 8.68. The highest BCUT2D eigenvalue weighted by Gasteiger charge is 2.45. The number of rotatable bonds is 8. The number of alkyl halides is 3. The van der Waals surface area contributed by atoms with Gasteiger partial charge < -0.3 is 5.32 Å². The topological polar surface area (TPSA) is 49.4 Å². The molecule has 1 saturated carbocycles. The molecule has 114 valence electrons. The molecule has 0 aromatic heterocycles. The third kappa shape index (κ3) is 5.27. The van der Waals surface area contributed by atoms with Crippen molar-refractivity contribution >= 4 is 10.0 Å². The van der Waals surface area contributed by atoms with Crippen LogP contribution in [-0.2, 0) is 10.0 Å². The highest BCUT2D eigenvalue weighted by atomic mass is 32.2. The summed E-state index contributed by atoms with van der Waals surface area (Å²) in [6, 6.07) is -0.472. The van der Waals surface area contributed by atoms with Crippen LogP contribution in [0.5, 0.6) is 0 Å². The van der Waals surface area contributed by atoms with Gasteiger partial charge in [-0.25, -0.2) is 8.42 Å². The van der Waals surface area contributed by atoms with Crippen molar-refractivity contribution in [3.8, 4) is 0 Å². The van der Waals surface area contributed by atoms with Crippen molar-refractivity contribution in [2.75, 3.05) is 19.6 Å². The summed E-state index contributed by atoms with van der Waals surface area (Å²) in [5.41, 5.74) is 0. The molecule has 0 spiro atoms. The van der Waals surface area contributed by atoms with Crippen LogP contribution < -0.4 is 5.32 Å². The average molecular weight is 302 g/mol. The van der Waals surface area contributed by atoms with Gasteiger partial charge in [-0.3, -0.25) is 0 Å². The van der Waals surface area contributed by atoms with Crippen LogP contribution in [0.1, 0.15) is 33.1 Å². The number of nitrogens with zero attached hydrogens (tertiary/aromatic N) is 1. The van der Waals surface area contributed by atoms with Crippen LogP contribution in [0.15, 0.2) is 0 Å². The maximum atomic E-state index is 12.5. The summed E-state index contributed by atoms with van der Waals surface area (Å²) in [7, 11) is -3.90. The van der Waals surface area contributed by atoms with Gasteiger partial charge in [-0.05, 0) is 32.7 Å². The standard InChI is InChI=1S/C11H21F3N2O2S/c1-3-6-15-7-9(2)19(17,18)16(10-4-5-10)8-11(12,13)14/h9-10,15H,3-8H2,1-2H3. The van der Waals surface area contributed by atoms with Crippen LogP contribution in [0, 0.1) is 0 Å². The fourth-order valence-corrected chi connectivity index (χ4v) is 3.53. The molecule has 8 heteroatoms. The number of nitrogens with one attached hydrogen (secondary N) is 1. The largest absolute Gasteiger partial charge is 0.402 e. The van der Waals surface area contributed by atoms with Crippen LogP contribution in [0.25, 0.3) is 0 Å². The second-order valence-electron chi connectivity index (χ2n) is 4.95. The lowest BCUT2D eigenvalue weighted by atomic mass is 10.4. The SMILES string of the molecule is CCCNCC(C)S(=O)(=O)N(CC(F)(F)F)C1CC1. The van der Waals surface area contributed by atoms with E-state index in [1.54, 1.807) is 0 Å². The van der Waals surface area contributed by atoms with Gasteiger partial charge in [0.05, 0.1) is 5.25 Å². The molecule has 1 atom stereocenters. The lowest BCUT2D eigenvalue weighted by Gasteiger charge is -2.26. The molecular weight excluding hydrogens is 281 g/mol. The Bertz CT molecular complexity index is 380. The zero-order valence-corrected chi connectivity index (χ0v) is 12.0. The molecule has 1 rings (SSSR count). The molecule has 0 saturated heterocycles. The average Bonchev–Trinajstić information content (AvgIpc) is 3.08. The lowest BCUT2D eigenvalue weighted by molar-refractivity contribution is -0.137. The van der Waals surface area contributed by atoms with Gasteiger partial charge in [0.1, 0.15) is 6.54 Å². The Balaban J connectivity index is 2.70. The zero-order chi connectivity index (χ0) is 14.7. The van der Waals surface area contributed by atoms with Gasteiger partial charge in [0, 0.05) is 12.6 Å². The summed E-state index contributed by atoms with van der Waals surface area (Å²) in [5.74, 6) is 0. The van der Waals surface area contributed by atoms with Crippen LogP contribution >= 0.6 is 0 Å². The van der Waals surface area contributed by atoms with Crippen LogP contribution in [0.2, 0.25) is 0 Å². The van der Waals surface area contributed by atoms with Crippen molar-refractivity contribution in [1.29, 1.82) is 0 Å². The normalized spacial score (nSPS) is 18.8. The van der Waals surface area contributed by atoms with E-state index >= 15 is 0 Å². The molecule has 1 unspecified atom stereocenters. The fourth-order valence-electron chi connectivity index (χ4n) is 1.78. The smallest absolute Gasteiger partial charge is 0.315 e. The molecule has 0 heterocycles.